The Labute approximate surface area is 155 Å². The van der Waals surface area contributed by atoms with Gasteiger partial charge in [-0.1, -0.05) is 19.4 Å². The molecule has 9 atom stereocenters. The molecule has 1 saturated heterocycles. The summed E-state index contributed by atoms with van der Waals surface area (Å²) in [7, 11) is 0. The Morgan fingerprint density at radius 1 is 1.15 bits per heavy atom. The van der Waals surface area contributed by atoms with Crippen LogP contribution in [0.4, 0.5) is 0 Å². The first-order valence-electron chi connectivity index (χ1n) is 9.50. The summed E-state index contributed by atoms with van der Waals surface area (Å²) in [5.74, 6) is -3.17. The van der Waals surface area contributed by atoms with Gasteiger partial charge in [0.25, 0.3) is 0 Å². The normalized spacial score (nSPS) is 64.3. The van der Waals surface area contributed by atoms with E-state index < -0.39 is 74.9 Å². The van der Waals surface area contributed by atoms with Crippen molar-refractivity contribution in [3.63, 3.8) is 0 Å². The molecule has 1 heterocycles. The van der Waals surface area contributed by atoms with E-state index in [0.29, 0.717) is 0 Å². The molecule has 8 bridgehead atoms. The predicted molar refractivity (Wildman–Crippen MR) is 87.9 cm³/mol. The summed E-state index contributed by atoms with van der Waals surface area (Å²) in [5, 5.41) is 34.2. The molecule has 27 heavy (non-hydrogen) atoms. The Morgan fingerprint density at radius 2 is 1.81 bits per heavy atom. The van der Waals surface area contributed by atoms with Crippen molar-refractivity contribution in [2.45, 2.75) is 50.9 Å². The van der Waals surface area contributed by atoms with Gasteiger partial charge in [0, 0.05) is 34.0 Å². The Bertz CT molecular complexity index is 939. The predicted octanol–water partition coefficient (Wildman–Crippen LogP) is -0.483. The molecular weight excluding hydrogens is 352 g/mol. The maximum atomic E-state index is 13.6. The van der Waals surface area contributed by atoms with Crippen molar-refractivity contribution < 1.29 is 34.4 Å². The molecule has 5 saturated carbocycles. The lowest BCUT2D eigenvalue weighted by Gasteiger charge is -2.78. The number of aliphatic hydroxyl groups excluding tert-OH is 1. The fourth-order valence-electron chi connectivity index (χ4n) is 9.70. The molecule has 0 aromatic carbocycles. The monoisotopic (exact) mass is 374 g/mol. The van der Waals surface area contributed by atoms with Crippen LogP contribution in [0.5, 0.6) is 0 Å². The van der Waals surface area contributed by atoms with Crippen LogP contribution in [0.1, 0.15) is 33.6 Å². The number of allylic oxidation sites excluding steroid dienone is 1. The molecule has 1 aliphatic heterocycles. The second-order valence-electron chi connectivity index (χ2n) is 9.93. The fraction of sp³-hybridized carbons (Fsp3) is 0.750. The van der Waals surface area contributed by atoms with E-state index in [1.807, 2.05) is 0 Å². The van der Waals surface area contributed by atoms with Crippen LogP contribution in [0.2, 0.25) is 0 Å². The van der Waals surface area contributed by atoms with Crippen LogP contribution >= 0.6 is 0 Å². The molecular formula is C20H22O7. The molecule has 3 N–H and O–H groups in total. The second kappa shape index (κ2) is 3.67. The molecule has 0 amide bonds. The van der Waals surface area contributed by atoms with E-state index in [1.54, 1.807) is 20.8 Å². The summed E-state index contributed by atoms with van der Waals surface area (Å²) < 4.78 is 5.64. The Morgan fingerprint density at radius 3 is 2.44 bits per heavy atom. The van der Waals surface area contributed by atoms with Gasteiger partial charge in [0.1, 0.15) is 6.10 Å². The number of Topliss-reactive ketones (excluding diaryl/α,β-unsaturated/α-hetero) is 1. The highest BCUT2D eigenvalue weighted by atomic mass is 16.5. The van der Waals surface area contributed by atoms with E-state index in [-0.39, 0.29) is 12.8 Å². The van der Waals surface area contributed by atoms with Crippen molar-refractivity contribution in [1.82, 2.24) is 0 Å². The number of ketones is 2. The first-order valence-corrected chi connectivity index (χ1v) is 9.50. The van der Waals surface area contributed by atoms with E-state index in [4.69, 9.17) is 4.74 Å². The number of aliphatic hydroxyl groups is 3. The molecule has 144 valence electrons. The molecule has 6 fully saturated rings. The third-order valence-corrected chi connectivity index (χ3v) is 10.3. The molecule has 0 aromatic heterocycles. The molecule has 0 radical (unpaired) electrons. The molecule has 0 aromatic rings. The lowest BCUT2D eigenvalue weighted by molar-refractivity contribution is -0.341. The maximum absolute atomic E-state index is 13.6. The van der Waals surface area contributed by atoms with Crippen LogP contribution in [0.25, 0.3) is 0 Å². The van der Waals surface area contributed by atoms with Gasteiger partial charge in [0.05, 0.1) is 6.61 Å². The zero-order valence-electron chi connectivity index (χ0n) is 15.4. The molecule has 6 aliphatic carbocycles. The summed E-state index contributed by atoms with van der Waals surface area (Å²) >= 11 is 0. The van der Waals surface area contributed by atoms with Gasteiger partial charge < -0.3 is 20.1 Å². The second-order valence-corrected chi connectivity index (χ2v) is 9.93. The SMILES string of the molecule is CC1=CC(=O)[C@@]2(O)[C@]3(O)C(=O)[C@H]4[C@]5(CO)[C@@H]6C[C@@]1([C@@]3(C)[C@H]5CC(=O)O6)[C@]42C. The Balaban J connectivity index is 1.85. The van der Waals surface area contributed by atoms with Gasteiger partial charge in [0.2, 0.25) is 0 Å². The number of ether oxygens (including phenoxy) is 1. The van der Waals surface area contributed by atoms with E-state index >= 15 is 0 Å². The average Bonchev–Trinajstić information content (AvgIpc) is 2.78. The van der Waals surface area contributed by atoms with Gasteiger partial charge in [-0.2, -0.15) is 0 Å². The number of rotatable bonds is 1. The highest BCUT2D eigenvalue weighted by Crippen LogP contribution is 2.95. The van der Waals surface area contributed by atoms with Crippen LogP contribution in [0.15, 0.2) is 11.6 Å². The van der Waals surface area contributed by atoms with Gasteiger partial charge in [-0.25, -0.2) is 0 Å². The molecule has 0 unspecified atom stereocenters. The quantitative estimate of drug-likeness (QED) is 0.530. The zero-order valence-corrected chi connectivity index (χ0v) is 15.4. The summed E-state index contributed by atoms with van der Waals surface area (Å²) in [6.07, 6.45) is 0.928. The highest BCUT2D eigenvalue weighted by Gasteiger charge is 3.05. The first-order chi connectivity index (χ1) is 12.5. The van der Waals surface area contributed by atoms with E-state index in [0.717, 1.165) is 5.57 Å². The number of hydrogen-bond acceptors (Lipinski definition) is 7. The smallest absolute Gasteiger partial charge is 0.306 e. The third-order valence-electron chi connectivity index (χ3n) is 10.3. The summed E-state index contributed by atoms with van der Waals surface area (Å²) in [5.41, 5.74) is -8.26. The summed E-state index contributed by atoms with van der Waals surface area (Å²) in [4.78, 5) is 39.0. The minimum Gasteiger partial charge on any atom is -0.462 e. The minimum atomic E-state index is -2.28. The number of carbonyl (C=O) groups excluding carboxylic acids is 3. The maximum Gasteiger partial charge on any atom is 0.306 e. The van der Waals surface area contributed by atoms with Crippen molar-refractivity contribution >= 4 is 17.5 Å². The van der Waals surface area contributed by atoms with E-state index in [2.05, 4.69) is 0 Å². The van der Waals surface area contributed by atoms with E-state index in [9.17, 15) is 29.7 Å². The van der Waals surface area contributed by atoms with Crippen molar-refractivity contribution in [3.05, 3.63) is 11.6 Å². The lowest BCUT2D eigenvalue weighted by Crippen LogP contribution is -2.84. The highest BCUT2D eigenvalue weighted by molar-refractivity contribution is 6.15. The van der Waals surface area contributed by atoms with Gasteiger partial charge in [-0.05, 0) is 25.3 Å². The number of esters is 1. The van der Waals surface area contributed by atoms with Gasteiger partial charge >= 0.3 is 5.97 Å². The largest absolute Gasteiger partial charge is 0.462 e. The van der Waals surface area contributed by atoms with Gasteiger partial charge in [-0.15, -0.1) is 0 Å². The van der Waals surface area contributed by atoms with Crippen molar-refractivity contribution in [2.24, 2.45) is 33.5 Å². The molecule has 7 rings (SSSR count). The van der Waals surface area contributed by atoms with Crippen LogP contribution < -0.4 is 0 Å². The minimum absolute atomic E-state index is 0.0466. The third kappa shape index (κ3) is 0.922. The molecule has 7 nitrogen and oxygen atoms in total. The summed E-state index contributed by atoms with van der Waals surface area (Å²) in [6.45, 7) is 4.86. The first kappa shape index (κ1) is 16.4. The van der Waals surface area contributed by atoms with E-state index in [1.165, 1.54) is 6.08 Å². The van der Waals surface area contributed by atoms with Crippen LogP contribution in [0.3, 0.4) is 0 Å². The van der Waals surface area contributed by atoms with Crippen molar-refractivity contribution in [3.8, 4) is 0 Å². The molecule has 1 spiro atoms. The molecule has 7 heteroatoms. The molecule has 7 aliphatic rings. The fourth-order valence-corrected chi connectivity index (χ4v) is 9.70. The van der Waals surface area contributed by atoms with Crippen molar-refractivity contribution in [1.29, 1.82) is 0 Å². The van der Waals surface area contributed by atoms with Crippen LogP contribution in [-0.4, -0.2) is 56.8 Å². The standard InChI is InChI=1S/C20H22O7/c1-8-4-10(22)19(25)16(3)13-14(24)20(19,26)15(2)9-5-12(23)27-11(6-18(8,15)16)17(9,13)7-21/h4,9,11,13,21,25-26H,5-7H2,1-3H3/t9-,11+,13-,15-,16+,17+,18-,19+,20+/m1/s1. The van der Waals surface area contributed by atoms with Crippen LogP contribution in [-0.2, 0) is 19.1 Å². The Kier molecular flexibility index (Phi) is 2.23. The zero-order chi connectivity index (χ0) is 19.6. The lowest BCUT2D eigenvalue weighted by atomic mass is 9.24. The topological polar surface area (TPSA) is 121 Å². The Hall–Kier alpha value is -1.57. The average molecular weight is 374 g/mol. The summed E-state index contributed by atoms with van der Waals surface area (Å²) in [6, 6.07) is 0. The van der Waals surface area contributed by atoms with Crippen LogP contribution in [0, 0.1) is 33.5 Å². The van der Waals surface area contributed by atoms with Gasteiger partial charge in [-0.3, -0.25) is 14.4 Å². The number of hydrogen-bond donors (Lipinski definition) is 3. The number of carbonyl (C=O) groups is 3. The van der Waals surface area contributed by atoms with Gasteiger partial charge in [0.15, 0.2) is 22.8 Å². The van der Waals surface area contributed by atoms with Crippen molar-refractivity contribution in [2.75, 3.05) is 6.61 Å².